The van der Waals surface area contributed by atoms with E-state index in [-0.39, 0.29) is 18.3 Å². The van der Waals surface area contributed by atoms with Gasteiger partial charge in [0.05, 0.1) is 42.3 Å². The Labute approximate surface area is 226 Å². The minimum atomic E-state index is -1.19. The number of hydrogen-bond acceptors (Lipinski definition) is 8. The van der Waals surface area contributed by atoms with E-state index in [0.29, 0.717) is 6.73 Å². The van der Waals surface area contributed by atoms with Crippen LogP contribution in [0.1, 0.15) is 26.7 Å². The van der Waals surface area contributed by atoms with Crippen LogP contribution < -0.4 is 9.64 Å². The number of ether oxygens (including phenoxy) is 4. The lowest BCUT2D eigenvalue weighted by atomic mass is 10.1. The Morgan fingerprint density at radius 3 is 2.53 bits per heavy atom. The summed E-state index contributed by atoms with van der Waals surface area (Å²) in [5.41, 5.74) is 2.63. The lowest BCUT2D eigenvalue weighted by molar-refractivity contribution is -0.00546. The maximum Gasteiger partial charge on any atom is 0.140 e. The summed E-state index contributed by atoms with van der Waals surface area (Å²) in [4.78, 5) is 11.6. The first kappa shape index (κ1) is 27.0. The molecule has 10 heteroatoms. The number of hydrogen-bond donors (Lipinski definition) is 0. The van der Waals surface area contributed by atoms with Crippen LogP contribution in [0.4, 0.5) is 5.82 Å². The monoisotopic (exact) mass is 539 g/mol. The summed E-state index contributed by atoms with van der Waals surface area (Å²) < 4.78 is 25.8. The first-order valence-corrected chi connectivity index (χ1v) is 17.5. The van der Waals surface area contributed by atoms with E-state index < -0.39 is 8.07 Å². The fourth-order valence-electron chi connectivity index (χ4n) is 5.08. The van der Waals surface area contributed by atoms with Gasteiger partial charge < -0.3 is 23.8 Å². The van der Waals surface area contributed by atoms with Crippen LogP contribution in [-0.2, 0) is 20.9 Å². The quantitative estimate of drug-likeness (QED) is 0.278. The summed E-state index contributed by atoms with van der Waals surface area (Å²) in [6.45, 7) is 15.5. The average Bonchev–Trinajstić information content (AvgIpc) is 3.24. The highest BCUT2D eigenvalue weighted by atomic mass is 28.3. The van der Waals surface area contributed by atoms with Crippen LogP contribution in [-0.4, -0.2) is 79.0 Å². The lowest BCUT2D eigenvalue weighted by Gasteiger charge is -2.36. The molecule has 0 radical (unpaired) electrons. The van der Waals surface area contributed by atoms with Crippen molar-refractivity contribution in [2.75, 3.05) is 37.8 Å². The van der Waals surface area contributed by atoms with Gasteiger partial charge in [-0.1, -0.05) is 19.6 Å². The average molecular weight is 540 g/mol. The van der Waals surface area contributed by atoms with Gasteiger partial charge in [0.15, 0.2) is 0 Å². The van der Waals surface area contributed by atoms with E-state index in [1.165, 1.54) is 0 Å². The van der Waals surface area contributed by atoms with Crippen LogP contribution in [0.25, 0.3) is 22.3 Å². The van der Waals surface area contributed by atoms with Crippen molar-refractivity contribution in [1.29, 1.82) is 0 Å². The zero-order valence-electron chi connectivity index (χ0n) is 23.4. The van der Waals surface area contributed by atoms with Gasteiger partial charge in [-0.15, -0.1) is 0 Å². The molecule has 1 aromatic carbocycles. The van der Waals surface area contributed by atoms with Crippen LogP contribution >= 0.6 is 0 Å². The Kier molecular flexibility index (Phi) is 8.32. The smallest absolute Gasteiger partial charge is 0.140 e. The van der Waals surface area contributed by atoms with Crippen molar-refractivity contribution < 1.29 is 18.9 Å². The van der Waals surface area contributed by atoms with Gasteiger partial charge >= 0.3 is 0 Å². The van der Waals surface area contributed by atoms with E-state index >= 15 is 0 Å². The highest BCUT2D eigenvalue weighted by molar-refractivity contribution is 6.76. The third-order valence-electron chi connectivity index (χ3n) is 7.03. The molecule has 4 heterocycles. The first-order valence-electron chi connectivity index (χ1n) is 13.8. The second-order valence-corrected chi connectivity index (χ2v) is 17.3. The molecule has 0 unspecified atom stereocenters. The second-order valence-electron chi connectivity index (χ2n) is 11.7. The molecule has 0 aliphatic carbocycles. The Hall–Kier alpha value is -2.53. The molecule has 0 N–H and O–H groups in total. The summed E-state index contributed by atoms with van der Waals surface area (Å²) in [7, 11) is -1.19. The van der Waals surface area contributed by atoms with Gasteiger partial charge in [0.2, 0.25) is 0 Å². The third-order valence-corrected chi connectivity index (χ3v) is 8.73. The van der Waals surface area contributed by atoms with Gasteiger partial charge in [-0.25, -0.2) is 14.6 Å². The zero-order valence-corrected chi connectivity index (χ0v) is 24.4. The van der Waals surface area contributed by atoms with Crippen molar-refractivity contribution in [2.24, 2.45) is 0 Å². The molecule has 2 saturated heterocycles. The fourth-order valence-corrected chi connectivity index (χ4v) is 5.83. The topological polar surface area (TPSA) is 83.8 Å². The van der Waals surface area contributed by atoms with Crippen molar-refractivity contribution in [3.05, 3.63) is 30.6 Å². The Balaban J connectivity index is 1.47. The van der Waals surface area contributed by atoms with Crippen molar-refractivity contribution in [3.8, 4) is 17.1 Å². The highest BCUT2D eigenvalue weighted by Crippen LogP contribution is 2.33. The van der Waals surface area contributed by atoms with E-state index in [1.807, 2.05) is 16.8 Å². The van der Waals surface area contributed by atoms with E-state index in [4.69, 9.17) is 29.0 Å². The molecule has 2 fully saturated rings. The fraction of sp³-hybridized carbons (Fsp3) is 0.607. The maximum absolute atomic E-state index is 6.34. The van der Waals surface area contributed by atoms with Crippen LogP contribution in [0.2, 0.25) is 25.7 Å². The predicted molar refractivity (Wildman–Crippen MR) is 152 cm³/mol. The molecule has 2 aliphatic heterocycles. The Morgan fingerprint density at radius 1 is 1.03 bits per heavy atom. The Morgan fingerprint density at radius 2 is 1.79 bits per heavy atom. The number of nitrogens with zero attached hydrogens (tertiary/aromatic N) is 5. The molecule has 2 atom stereocenters. The van der Waals surface area contributed by atoms with Gasteiger partial charge in [0, 0.05) is 52.1 Å². The summed E-state index contributed by atoms with van der Waals surface area (Å²) >= 11 is 0. The summed E-state index contributed by atoms with van der Waals surface area (Å²) in [6.07, 6.45) is 3.91. The molecular weight excluding hydrogens is 498 g/mol. The summed E-state index contributed by atoms with van der Waals surface area (Å²) in [6, 6.07) is 9.29. The molecular formula is C28H41N5O4Si. The molecule has 0 spiro atoms. The minimum Gasteiger partial charge on any atom is -0.490 e. The largest absolute Gasteiger partial charge is 0.490 e. The number of morpholine rings is 1. The molecule has 5 rings (SSSR count). The van der Waals surface area contributed by atoms with Crippen molar-refractivity contribution in [3.63, 3.8) is 0 Å². The summed E-state index contributed by atoms with van der Waals surface area (Å²) in [5, 5.41) is 5.91. The zero-order chi connectivity index (χ0) is 26.7. The highest BCUT2D eigenvalue weighted by Gasteiger charge is 2.25. The second kappa shape index (κ2) is 11.7. The van der Waals surface area contributed by atoms with Crippen molar-refractivity contribution in [1.82, 2.24) is 19.7 Å². The normalized spacial score (nSPS) is 21.2. The molecule has 0 amide bonds. The number of fused-ring (bicyclic) bond motifs is 1. The molecule has 206 valence electrons. The molecule has 9 nitrogen and oxygen atoms in total. The maximum atomic E-state index is 6.34. The third kappa shape index (κ3) is 6.72. The molecule has 0 bridgehead atoms. The molecule has 2 aliphatic rings. The molecule has 0 saturated carbocycles. The van der Waals surface area contributed by atoms with Gasteiger partial charge in [-0.3, -0.25) is 0 Å². The molecule has 3 aromatic rings. The number of rotatable bonds is 9. The lowest BCUT2D eigenvalue weighted by Crippen LogP contribution is -2.45. The minimum absolute atomic E-state index is 0.146. The van der Waals surface area contributed by atoms with E-state index in [9.17, 15) is 0 Å². The standard InChI is InChI=1S/C28H41N5O4Si/c1-20-16-32(17-21(2)36-20)27-15-26(29-18-30-27)28-24-14-23(37-22-8-10-34-11-9-22)6-7-25(24)31-33(28)19-35-12-13-38(3,4)5/h6-7,14-15,18,20-22H,8-13,16-17,19H2,1-5H3/t20-,21+. The summed E-state index contributed by atoms with van der Waals surface area (Å²) in [5.74, 6) is 1.74. The van der Waals surface area contributed by atoms with Gasteiger partial charge in [-0.05, 0) is 38.1 Å². The Bertz CT molecular complexity index is 1210. The molecule has 2 aromatic heterocycles. The first-order chi connectivity index (χ1) is 18.2. The number of anilines is 1. The van der Waals surface area contributed by atoms with Gasteiger partial charge in [0.1, 0.15) is 30.7 Å². The predicted octanol–water partition coefficient (Wildman–Crippen LogP) is 4.98. The number of aromatic nitrogens is 4. The van der Waals surface area contributed by atoms with Crippen LogP contribution in [0, 0.1) is 0 Å². The molecule has 38 heavy (non-hydrogen) atoms. The van der Waals surface area contributed by atoms with Crippen molar-refractivity contribution >= 4 is 24.8 Å². The van der Waals surface area contributed by atoms with Crippen LogP contribution in [0.15, 0.2) is 30.6 Å². The van der Waals surface area contributed by atoms with E-state index in [1.54, 1.807) is 6.33 Å². The van der Waals surface area contributed by atoms with Gasteiger partial charge in [0.25, 0.3) is 0 Å². The van der Waals surface area contributed by atoms with Crippen LogP contribution in [0.3, 0.4) is 0 Å². The van der Waals surface area contributed by atoms with E-state index in [0.717, 1.165) is 85.7 Å². The van der Waals surface area contributed by atoms with Crippen molar-refractivity contribution in [2.45, 2.75) is 77.4 Å². The number of benzene rings is 1. The van der Waals surface area contributed by atoms with Gasteiger partial charge in [-0.2, -0.15) is 5.10 Å². The van der Waals surface area contributed by atoms with Crippen LogP contribution in [0.5, 0.6) is 5.75 Å². The van der Waals surface area contributed by atoms with E-state index in [2.05, 4.69) is 55.5 Å². The SMILES string of the molecule is C[C@@H]1CN(c2cc(-c3c4cc(OC5CCOCC5)ccc4nn3COCC[Si](C)(C)C)ncn2)C[C@H](C)O1.